The fourth-order valence-electron chi connectivity index (χ4n) is 3.51. The predicted molar refractivity (Wildman–Crippen MR) is 121 cm³/mol. The third-order valence-corrected chi connectivity index (χ3v) is 5.52. The van der Waals surface area contributed by atoms with E-state index < -0.39 is 11.9 Å². The van der Waals surface area contributed by atoms with E-state index in [0.29, 0.717) is 29.3 Å². The molecule has 0 spiro atoms. The number of ether oxygens (including phenoxy) is 1. The van der Waals surface area contributed by atoms with Crippen LogP contribution in [0.3, 0.4) is 0 Å². The lowest BCUT2D eigenvalue weighted by molar-refractivity contribution is -0.120. The van der Waals surface area contributed by atoms with Crippen molar-refractivity contribution in [2.45, 2.75) is 19.4 Å². The van der Waals surface area contributed by atoms with Gasteiger partial charge in [-0.3, -0.25) is 14.4 Å². The lowest BCUT2D eigenvalue weighted by Crippen LogP contribution is -2.49. The van der Waals surface area contributed by atoms with E-state index in [0.717, 1.165) is 5.56 Å². The Morgan fingerprint density at radius 2 is 1.94 bits per heavy atom. The van der Waals surface area contributed by atoms with E-state index in [9.17, 15) is 14.4 Å². The summed E-state index contributed by atoms with van der Waals surface area (Å²) < 4.78 is 11.1. The Labute approximate surface area is 190 Å². The quantitative estimate of drug-likeness (QED) is 0.643. The first-order valence-corrected chi connectivity index (χ1v) is 10.4. The van der Waals surface area contributed by atoms with Gasteiger partial charge in [0.15, 0.2) is 5.69 Å². The van der Waals surface area contributed by atoms with Crippen LogP contribution in [-0.4, -0.2) is 49.6 Å². The summed E-state index contributed by atoms with van der Waals surface area (Å²) in [5, 5.41) is 6.52. The number of fused-ring (bicyclic) bond motifs is 1. The third kappa shape index (κ3) is 4.72. The number of benzene rings is 2. The molecule has 3 amide bonds. The number of carbonyl (C=O) groups excluding carboxylic acids is 3. The largest absolute Gasteiger partial charge is 0.489 e. The molecular formula is C24H24N4O5. The first-order valence-electron chi connectivity index (χ1n) is 10.4. The van der Waals surface area contributed by atoms with Crippen LogP contribution in [0.25, 0.3) is 0 Å². The average Bonchev–Trinajstić information content (AvgIpc) is 3.25. The summed E-state index contributed by atoms with van der Waals surface area (Å²) in [7, 11) is 3.25. The molecule has 1 N–H and O–H groups in total. The molecule has 1 aromatic heterocycles. The van der Waals surface area contributed by atoms with E-state index in [1.54, 1.807) is 38.4 Å². The number of rotatable bonds is 5. The summed E-state index contributed by atoms with van der Waals surface area (Å²) in [6, 6.07) is 15.5. The van der Waals surface area contributed by atoms with Crippen molar-refractivity contribution < 1.29 is 23.6 Å². The van der Waals surface area contributed by atoms with Gasteiger partial charge in [-0.25, -0.2) is 0 Å². The highest BCUT2D eigenvalue weighted by Crippen LogP contribution is 2.34. The molecule has 1 unspecified atom stereocenters. The maximum atomic E-state index is 13.0. The van der Waals surface area contributed by atoms with Crippen LogP contribution in [0.1, 0.15) is 28.7 Å². The Balaban J connectivity index is 1.46. The fourth-order valence-corrected chi connectivity index (χ4v) is 3.51. The average molecular weight is 448 g/mol. The molecular weight excluding hydrogens is 424 g/mol. The molecule has 9 nitrogen and oxygen atoms in total. The van der Waals surface area contributed by atoms with Gasteiger partial charge in [0.1, 0.15) is 24.2 Å². The van der Waals surface area contributed by atoms with Crippen molar-refractivity contribution in [3.8, 4) is 5.75 Å². The van der Waals surface area contributed by atoms with Crippen molar-refractivity contribution in [1.82, 2.24) is 10.5 Å². The maximum Gasteiger partial charge on any atom is 0.274 e. The molecule has 0 bridgehead atoms. The second-order valence-electron chi connectivity index (χ2n) is 7.81. The Kier molecular flexibility index (Phi) is 6.12. The molecule has 0 saturated heterocycles. The zero-order chi connectivity index (χ0) is 23.5. The van der Waals surface area contributed by atoms with Crippen molar-refractivity contribution in [1.29, 1.82) is 0 Å². The van der Waals surface area contributed by atoms with Gasteiger partial charge in [0.25, 0.3) is 11.8 Å². The first-order chi connectivity index (χ1) is 15.8. The molecule has 1 aliphatic rings. The van der Waals surface area contributed by atoms with E-state index in [2.05, 4.69) is 10.5 Å². The fraction of sp³-hybridized carbons (Fsp3) is 0.250. The standard InChI is InChI=1S/C24H24N4O5/c1-15(29)27(2)17-9-10-22-21(12-17)28(3)24(31)20(14-32-22)25-23(30)19-13-18(33-26-19)11-16-7-5-4-6-8-16/h4-10,12-13,20H,11,14H2,1-3H3,(H,25,30). The molecule has 2 heterocycles. The number of hydrogen-bond donors (Lipinski definition) is 1. The summed E-state index contributed by atoms with van der Waals surface area (Å²) in [6.45, 7) is 1.41. The molecule has 0 saturated carbocycles. The number of hydrogen-bond acceptors (Lipinski definition) is 6. The Morgan fingerprint density at radius 3 is 2.67 bits per heavy atom. The van der Waals surface area contributed by atoms with Crippen LogP contribution in [0, 0.1) is 0 Å². The summed E-state index contributed by atoms with van der Waals surface area (Å²) in [4.78, 5) is 40.3. The van der Waals surface area contributed by atoms with Crippen molar-refractivity contribution >= 4 is 29.1 Å². The molecule has 9 heteroatoms. The number of likely N-dealkylation sites (N-methyl/N-ethyl adjacent to an activating group) is 1. The minimum absolute atomic E-state index is 0.0431. The van der Waals surface area contributed by atoms with Crippen molar-refractivity contribution in [2.75, 3.05) is 30.5 Å². The lowest BCUT2D eigenvalue weighted by Gasteiger charge is -2.22. The highest BCUT2D eigenvalue weighted by molar-refractivity contribution is 6.03. The normalized spacial score (nSPS) is 15.3. The second kappa shape index (κ2) is 9.15. The Bertz CT molecular complexity index is 1190. The first kappa shape index (κ1) is 22.1. The van der Waals surface area contributed by atoms with Gasteiger partial charge in [-0.05, 0) is 23.8 Å². The van der Waals surface area contributed by atoms with E-state index in [-0.39, 0.29) is 24.1 Å². The van der Waals surface area contributed by atoms with E-state index in [4.69, 9.17) is 9.26 Å². The van der Waals surface area contributed by atoms with Crippen molar-refractivity contribution in [3.05, 3.63) is 71.6 Å². The van der Waals surface area contributed by atoms with Crippen LogP contribution in [-0.2, 0) is 16.0 Å². The second-order valence-corrected chi connectivity index (χ2v) is 7.81. The molecule has 3 aromatic rings. The zero-order valence-corrected chi connectivity index (χ0v) is 18.6. The molecule has 0 radical (unpaired) electrons. The Morgan fingerprint density at radius 1 is 1.18 bits per heavy atom. The van der Waals surface area contributed by atoms with Gasteiger partial charge in [-0.1, -0.05) is 35.5 Å². The lowest BCUT2D eigenvalue weighted by atomic mass is 10.1. The summed E-state index contributed by atoms with van der Waals surface area (Å²) in [5.74, 6) is 0.00767. The molecule has 1 aliphatic heterocycles. The molecule has 1 atom stereocenters. The summed E-state index contributed by atoms with van der Waals surface area (Å²) in [5.41, 5.74) is 2.25. The highest BCUT2D eigenvalue weighted by atomic mass is 16.5. The zero-order valence-electron chi connectivity index (χ0n) is 18.6. The van der Waals surface area contributed by atoms with Gasteiger partial charge in [0.2, 0.25) is 5.91 Å². The SMILES string of the molecule is CC(=O)N(C)c1ccc2c(c1)N(C)C(=O)C(NC(=O)c1cc(Cc3ccccc3)on1)CO2. The van der Waals surface area contributed by atoms with Crippen LogP contribution < -0.4 is 19.9 Å². The predicted octanol–water partition coefficient (Wildman–Crippen LogP) is 2.40. The van der Waals surface area contributed by atoms with Crippen LogP contribution in [0.4, 0.5) is 11.4 Å². The number of nitrogens with zero attached hydrogens (tertiary/aromatic N) is 3. The minimum atomic E-state index is -0.918. The minimum Gasteiger partial charge on any atom is -0.489 e. The topological polar surface area (TPSA) is 105 Å². The molecule has 170 valence electrons. The molecule has 0 aliphatic carbocycles. The molecule has 33 heavy (non-hydrogen) atoms. The van der Waals surface area contributed by atoms with Crippen molar-refractivity contribution in [3.63, 3.8) is 0 Å². The summed E-state index contributed by atoms with van der Waals surface area (Å²) >= 11 is 0. The van der Waals surface area contributed by atoms with E-state index >= 15 is 0 Å². The number of nitrogens with one attached hydrogen (secondary N) is 1. The van der Waals surface area contributed by atoms with Crippen molar-refractivity contribution in [2.24, 2.45) is 0 Å². The molecule has 4 rings (SSSR count). The van der Waals surface area contributed by atoms with Gasteiger partial charge in [0.05, 0.1) is 5.69 Å². The smallest absolute Gasteiger partial charge is 0.274 e. The maximum absolute atomic E-state index is 13.0. The van der Waals surface area contributed by atoms with Gasteiger partial charge in [0, 0.05) is 39.2 Å². The number of carbonyl (C=O) groups is 3. The summed E-state index contributed by atoms with van der Waals surface area (Å²) in [6.07, 6.45) is 0.502. The van der Waals surface area contributed by atoms with Gasteiger partial charge in [-0.15, -0.1) is 0 Å². The molecule has 0 fully saturated rings. The van der Waals surface area contributed by atoms with E-state index in [1.807, 2.05) is 30.3 Å². The number of amides is 3. The molecule has 2 aromatic carbocycles. The highest BCUT2D eigenvalue weighted by Gasteiger charge is 2.32. The number of anilines is 2. The van der Waals surface area contributed by atoms with Crippen LogP contribution in [0.15, 0.2) is 59.1 Å². The van der Waals surface area contributed by atoms with Crippen LogP contribution >= 0.6 is 0 Å². The number of aromatic nitrogens is 1. The monoisotopic (exact) mass is 448 g/mol. The van der Waals surface area contributed by atoms with E-state index in [1.165, 1.54) is 16.7 Å². The van der Waals surface area contributed by atoms with Crippen LogP contribution in [0.2, 0.25) is 0 Å². The van der Waals surface area contributed by atoms with Gasteiger partial charge >= 0.3 is 0 Å². The van der Waals surface area contributed by atoms with Gasteiger partial charge < -0.3 is 24.4 Å². The third-order valence-electron chi connectivity index (χ3n) is 5.52. The van der Waals surface area contributed by atoms with Gasteiger partial charge in [-0.2, -0.15) is 0 Å². The Hall–Kier alpha value is -4.14. The van der Waals surface area contributed by atoms with Crippen LogP contribution in [0.5, 0.6) is 5.75 Å².